The second-order valence-electron chi connectivity index (χ2n) is 9.51. The lowest BCUT2D eigenvalue weighted by Gasteiger charge is -2.67. The monoisotopic (exact) mass is 469 g/mol. The summed E-state index contributed by atoms with van der Waals surface area (Å²) in [5, 5.41) is 0. The molecule has 1 unspecified atom stereocenters. The molecule has 174 valence electrons. The van der Waals surface area contributed by atoms with Crippen LogP contribution in [0.2, 0.25) is 0 Å². The zero-order valence-corrected chi connectivity index (χ0v) is 18.7. The zero-order valence-electron chi connectivity index (χ0n) is 17.9. The van der Waals surface area contributed by atoms with E-state index in [1.165, 1.54) is 0 Å². The second kappa shape index (κ2) is 7.11. The quantitative estimate of drug-likeness (QED) is 0.728. The minimum absolute atomic E-state index is 0.147. The summed E-state index contributed by atoms with van der Waals surface area (Å²) in [5.74, 6) is 0.607. The molecule has 3 saturated carbocycles. The van der Waals surface area contributed by atoms with E-state index in [1.54, 1.807) is 18.6 Å². The van der Waals surface area contributed by atoms with Gasteiger partial charge in [0, 0.05) is 50.8 Å². The SMILES string of the molecule is CN(C)c1ccc2c(c1)CN(S(=O)(=O)C(F)(F)F)CC(C13CC(C1)C3)N2Cc1cnc[nH]1. The van der Waals surface area contributed by atoms with Gasteiger partial charge in [-0.2, -0.15) is 17.5 Å². The molecule has 11 heteroatoms. The predicted octanol–water partition coefficient (Wildman–Crippen LogP) is 3.32. The summed E-state index contributed by atoms with van der Waals surface area (Å²) in [5.41, 5.74) is -2.51. The van der Waals surface area contributed by atoms with E-state index in [2.05, 4.69) is 14.9 Å². The van der Waals surface area contributed by atoms with Gasteiger partial charge in [-0.05, 0) is 54.4 Å². The van der Waals surface area contributed by atoms with Crippen LogP contribution in [-0.2, 0) is 23.1 Å². The third kappa shape index (κ3) is 3.28. The Morgan fingerprint density at radius 2 is 1.97 bits per heavy atom. The smallest absolute Gasteiger partial charge is 0.378 e. The maximum absolute atomic E-state index is 13.6. The van der Waals surface area contributed by atoms with Gasteiger partial charge >= 0.3 is 15.5 Å². The summed E-state index contributed by atoms with van der Waals surface area (Å²) in [7, 11) is -1.79. The number of aromatic nitrogens is 2. The molecule has 1 N–H and O–H groups in total. The van der Waals surface area contributed by atoms with Crippen molar-refractivity contribution in [3.05, 3.63) is 42.0 Å². The van der Waals surface area contributed by atoms with Crippen LogP contribution >= 0.6 is 0 Å². The summed E-state index contributed by atoms with van der Waals surface area (Å²) in [4.78, 5) is 11.1. The number of alkyl halides is 3. The van der Waals surface area contributed by atoms with Crippen molar-refractivity contribution in [3.63, 3.8) is 0 Å². The number of anilines is 2. The highest BCUT2D eigenvalue weighted by molar-refractivity contribution is 7.89. The van der Waals surface area contributed by atoms with Crippen LogP contribution < -0.4 is 9.80 Å². The van der Waals surface area contributed by atoms with Gasteiger partial charge in [0.1, 0.15) is 0 Å². The van der Waals surface area contributed by atoms with E-state index in [1.807, 2.05) is 31.1 Å². The first-order valence-corrected chi connectivity index (χ1v) is 12.0. The summed E-state index contributed by atoms with van der Waals surface area (Å²) >= 11 is 0. The highest BCUT2D eigenvalue weighted by Gasteiger charge is 2.63. The maximum atomic E-state index is 13.6. The first-order chi connectivity index (χ1) is 15.0. The summed E-state index contributed by atoms with van der Waals surface area (Å²) in [6.07, 6.45) is 6.06. The Morgan fingerprint density at radius 1 is 1.25 bits per heavy atom. The molecule has 1 aromatic carbocycles. The lowest BCUT2D eigenvalue weighted by atomic mass is 9.41. The van der Waals surface area contributed by atoms with Crippen molar-refractivity contribution in [1.82, 2.24) is 14.3 Å². The van der Waals surface area contributed by atoms with Gasteiger partial charge in [-0.3, -0.25) is 0 Å². The Hall–Kier alpha value is -2.27. The molecule has 2 aromatic rings. The van der Waals surface area contributed by atoms with Gasteiger partial charge in [-0.25, -0.2) is 13.4 Å². The van der Waals surface area contributed by atoms with E-state index >= 15 is 0 Å². The van der Waals surface area contributed by atoms with Crippen molar-refractivity contribution in [2.24, 2.45) is 11.3 Å². The number of nitrogens with zero attached hydrogens (tertiary/aromatic N) is 4. The topological polar surface area (TPSA) is 72.5 Å². The van der Waals surface area contributed by atoms with Crippen molar-refractivity contribution in [2.75, 3.05) is 30.4 Å². The lowest BCUT2D eigenvalue weighted by Crippen LogP contribution is -2.66. The fourth-order valence-corrected chi connectivity index (χ4v) is 6.47. The molecule has 6 rings (SSSR count). The lowest BCUT2D eigenvalue weighted by molar-refractivity contribution is -0.129. The Bertz CT molecular complexity index is 1100. The van der Waals surface area contributed by atoms with Crippen molar-refractivity contribution in [2.45, 2.75) is 43.9 Å². The number of fused-ring (bicyclic) bond motifs is 1. The van der Waals surface area contributed by atoms with Gasteiger partial charge in [-0.1, -0.05) is 0 Å². The van der Waals surface area contributed by atoms with Crippen molar-refractivity contribution in [3.8, 4) is 0 Å². The number of hydrogen-bond donors (Lipinski definition) is 1. The average Bonchev–Trinajstić information content (AvgIpc) is 3.09. The summed E-state index contributed by atoms with van der Waals surface area (Å²) < 4.78 is 66.6. The van der Waals surface area contributed by atoms with Crippen molar-refractivity contribution >= 4 is 21.4 Å². The van der Waals surface area contributed by atoms with Crippen LogP contribution in [0.15, 0.2) is 30.7 Å². The third-order valence-corrected chi connectivity index (χ3v) is 8.85. The molecule has 0 spiro atoms. The van der Waals surface area contributed by atoms with E-state index in [9.17, 15) is 21.6 Å². The van der Waals surface area contributed by atoms with Crippen molar-refractivity contribution < 1.29 is 21.6 Å². The molecule has 2 heterocycles. The fourth-order valence-electron chi connectivity index (χ4n) is 5.53. The van der Waals surface area contributed by atoms with Crippen LogP contribution in [-0.4, -0.2) is 54.9 Å². The second-order valence-corrected chi connectivity index (χ2v) is 11.4. The number of rotatable bonds is 5. The van der Waals surface area contributed by atoms with E-state index in [4.69, 9.17) is 0 Å². The number of benzene rings is 1. The van der Waals surface area contributed by atoms with Gasteiger partial charge < -0.3 is 14.8 Å². The minimum Gasteiger partial charge on any atom is -0.378 e. The number of hydrogen-bond acceptors (Lipinski definition) is 5. The Morgan fingerprint density at radius 3 is 2.50 bits per heavy atom. The molecular weight excluding hydrogens is 443 g/mol. The normalized spacial score (nSPS) is 27.8. The first-order valence-electron chi connectivity index (χ1n) is 10.6. The molecule has 0 amide bonds. The Labute approximate surface area is 185 Å². The molecule has 1 aliphatic heterocycles. The maximum Gasteiger partial charge on any atom is 0.511 e. The van der Waals surface area contributed by atoms with Gasteiger partial charge in [0.25, 0.3) is 0 Å². The first kappa shape index (κ1) is 21.6. The fraction of sp³-hybridized carbons (Fsp3) is 0.571. The van der Waals surface area contributed by atoms with Crippen molar-refractivity contribution in [1.29, 1.82) is 0 Å². The summed E-state index contributed by atoms with van der Waals surface area (Å²) in [6, 6.07) is 5.27. The largest absolute Gasteiger partial charge is 0.511 e. The zero-order chi connectivity index (χ0) is 22.9. The molecule has 1 atom stereocenters. The number of sulfonamides is 1. The van der Waals surface area contributed by atoms with E-state index in [0.717, 1.165) is 36.3 Å². The van der Waals surface area contributed by atoms with Crippen LogP contribution in [0.25, 0.3) is 0 Å². The van der Waals surface area contributed by atoms with Crippen LogP contribution in [0.1, 0.15) is 30.5 Å². The van der Waals surface area contributed by atoms with Gasteiger partial charge in [0.15, 0.2) is 0 Å². The van der Waals surface area contributed by atoms with Crippen LogP contribution in [0.5, 0.6) is 0 Å². The highest BCUT2D eigenvalue weighted by Crippen LogP contribution is 2.67. The number of aromatic amines is 1. The molecule has 7 nitrogen and oxygen atoms in total. The summed E-state index contributed by atoms with van der Waals surface area (Å²) in [6.45, 7) is -0.0751. The number of imidazole rings is 1. The minimum atomic E-state index is -5.47. The number of nitrogens with one attached hydrogen (secondary N) is 1. The Balaban J connectivity index is 1.64. The van der Waals surface area contributed by atoms with Crippen LogP contribution in [0.3, 0.4) is 0 Å². The molecule has 0 radical (unpaired) electrons. The average molecular weight is 470 g/mol. The molecule has 3 aliphatic carbocycles. The van der Waals surface area contributed by atoms with Gasteiger partial charge in [0.2, 0.25) is 0 Å². The predicted molar refractivity (Wildman–Crippen MR) is 114 cm³/mol. The van der Waals surface area contributed by atoms with E-state index < -0.39 is 15.5 Å². The molecule has 32 heavy (non-hydrogen) atoms. The molecule has 1 aromatic heterocycles. The molecule has 3 fully saturated rings. The van der Waals surface area contributed by atoms with Gasteiger partial charge in [0.05, 0.1) is 18.6 Å². The Kier molecular flexibility index (Phi) is 4.79. The molecular formula is C21H26F3N5O2S. The molecule has 4 aliphatic rings. The van der Waals surface area contributed by atoms with Gasteiger partial charge in [-0.15, -0.1) is 0 Å². The standard InChI is InChI=1S/C21H26F3N5O2S/c1-27(2)17-3-4-18-15(5-17)10-28(32(30,31)21(22,23)24)12-19(20-6-14(7-20)8-20)29(18)11-16-9-25-13-26-16/h3-5,9,13-14,19H,6-8,10-12H2,1-2H3,(H,25,26). The molecule has 0 saturated heterocycles. The van der Waals surface area contributed by atoms with Crippen LogP contribution in [0.4, 0.5) is 24.5 Å². The van der Waals surface area contributed by atoms with E-state index in [0.29, 0.717) is 22.3 Å². The number of halogens is 3. The third-order valence-electron chi connectivity index (χ3n) is 7.31. The highest BCUT2D eigenvalue weighted by atomic mass is 32.2. The van der Waals surface area contributed by atoms with E-state index in [-0.39, 0.29) is 24.5 Å². The number of H-pyrrole nitrogens is 1. The molecule has 2 bridgehead atoms. The van der Waals surface area contributed by atoms with Crippen LogP contribution in [0, 0.1) is 11.3 Å².